The van der Waals surface area contributed by atoms with Gasteiger partial charge in [-0.05, 0) is 12.1 Å². The van der Waals surface area contributed by atoms with Crippen molar-refractivity contribution in [3.8, 4) is 5.75 Å². The van der Waals surface area contributed by atoms with E-state index in [1.807, 2.05) is 0 Å². The zero-order valence-electron chi connectivity index (χ0n) is 5.98. The van der Waals surface area contributed by atoms with Crippen molar-refractivity contribution in [2.24, 2.45) is 0 Å². The largest absolute Gasteiger partial charge is 0.513 e. The predicted octanol–water partition coefficient (Wildman–Crippen LogP) is 1.23. The number of carbonyl (C=O) groups is 1. The van der Waals surface area contributed by atoms with Crippen LogP contribution >= 0.6 is 0 Å². The highest BCUT2D eigenvalue weighted by Crippen LogP contribution is 2.06. The van der Waals surface area contributed by atoms with Gasteiger partial charge in [-0.2, -0.15) is 0 Å². The summed E-state index contributed by atoms with van der Waals surface area (Å²) in [5, 5.41) is 0. The summed E-state index contributed by atoms with van der Waals surface area (Å²) in [7, 11) is 1.25. The Morgan fingerprint density at radius 1 is 1.45 bits per heavy atom. The Labute approximate surface area is 63.8 Å². The third-order valence-electron chi connectivity index (χ3n) is 1.02. The summed E-state index contributed by atoms with van der Waals surface area (Å²) >= 11 is 0. The molecule has 0 aliphatic rings. The molecule has 0 fully saturated rings. The first-order valence-corrected chi connectivity index (χ1v) is 2.99. The zero-order chi connectivity index (χ0) is 8.10. The third kappa shape index (κ3) is 2.25. The number of carbonyl (C=O) groups excluding carboxylic acids is 1. The molecule has 11 heavy (non-hydrogen) atoms. The standard InChI is InChI=1S/C7H7NO3/c1-10-7(9)11-6-2-4-8-5-3-6/h2-5H,1H3. The highest BCUT2D eigenvalue weighted by molar-refractivity contribution is 5.63. The van der Waals surface area contributed by atoms with Crippen molar-refractivity contribution in [1.29, 1.82) is 0 Å². The molecule has 58 valence electrons. The molecule has 0 radical (unpaired) electrons. The van der Waals surface area contributed by atoms with Gasteiger partial charge in [-0.25, -0.2) is 4.79 Å². The lowest BCUT2D eigenvalue weighted by atomic mass is 10.5. The van der Waals surface area contributed by atoms with Crippen molar-refractivity contribution in [2.75, 3.05) is 7.11 Å². The van der Waals surface area contributed by atoms with E-state index in [0.29, 0.717) is 5.75 Å². The Morgan fingerprint density at radius 3 is 2.64 bits per heavy atom. The second-order valence-corrected chi connectivity index (χ2v) is 1.74. The second-order valence-electron chi connectivity index (χ2n) is 1.74. The lowest BCUT2D eigenvalue weighted by molar-refractivity contribution is 0.121. The number of ether oxygens (including phenoxy) is 2. The first-order valence-electron chi connectivity index (χ1n) is 2.99. The summed E-state index contributed by atoms with van der Waals surface area (Å²) < 4.78 is 8.93. The molecule has 1 rings (SSSR count). The minimum atomic E-state index is -0.726. The van der Waals surface area contributed by atoms with Crippen LogP contribution in [0.4, 0.5) is 4.79 Å². The Balaban J connectivity index is 2.58. The van der Waals surface area contributed by atoms with Gasteiger partial charge in [0.15, 0.2) is 0 Å². The van der Waals surface area contributed by atoms with E-state index in [9.17, 15) is 4.79 Å². The molecular weight excluding hydrogens is 146 g/mol. The Bertz CT molecular complexity index is 235. The number of methoxy groups -OCH3 is 1. The Morgan fingerprint density at radius 2 is 2.09 bits per heavy atom. The number of rotatable bonds is 1. The van der Waals surface area contributed by atoms with Crippen LogP contribution in [-0.2, 0) is 4.74 Å². The molecule has 0 aliphatic heterocycles. The fraction of sp³-hybridized carbons (Fsp3) is 0.143. The highest BCUT2D eigenvalue weighted by Gasteiger charge is 2.00. The molecule has 0 atom stereocenters. The summed E-state index contributed by atoms with van der Waals surface area (Å²) in [4.78, 5) is 14.3. The molecule has 0 spiro atoms. The maximum Gasteiger partial charge on any atom is 0.513 e. The van der Waals surface area contributed by atoms with E-state index in [2.05, 4.69) is 14.5 Å². The maximum absolute atomic E-state index is 10.5. The second kappa shape index (κ2) is 3.55. The summed E-state index contributed by atoms with van der Waals surface area (Å²) in [6, 6.07) is 3.13. The molecule has 1 heterocycles. The zero-order valence-corrected chi connectivity index (χ0v) is 5.98. The van der Waals surface area contributed by atoms with Gasteiger partial charge < -0.3 is 9.47 Å². The first-order chi connectivity index (χ1) is 5.33. The van der Waals surface area contributed by atoms with Crippen molar-refractivity contribution < 1.29 is 14.3 Å². The van der Waals surface area contributed by atoms with Gasteiger partial charge >= 0.3 is 6.16 Å². The molecule has 0 aromatic carbocycles. The van der Waals surface area contributed by atoms with E-state index in [-0.39, 0.29) is 0 Å². The minimum absolute atomic E-state index is 0.423. The predicted molar refractivity (Wildman–Crippen MR) is 37.3 cm³/mol. The van der Waals surface area contributed by atoms with E-state index >= 15 is 0 Å². The molecule has 0 saturated heterocycles. The number of nitrogens with zero attached hydrogens (tertiary/aromatic N) is 1. The molecule has 0 N–H and O–H groups in total. The van der Waals surface area contributed by atoms with Gasteiger partial charge in [0.2, 0.25) is 0 Å². The van der Waals surface area contributed by atoms with E-state index < -0.39 is 6.16 Å². The van der Waals surface area contributed by atoms with Crippen molar-refractivity contribution in [2.45, 2.75) is 0 Å². The van der Waals surface area contributed by atoms with E-state index in [4.69, 9.17) is 0 Å². The SMILES string of the molecule is COC(=O)Oc1ccncc1. The van der Waals surface area contributed by atoms with Gasteiger partial charge in [0.1, 0.15) is 5.75 Å². The van der Waals surface area contributed by atoms with Crippen LogP contribution in [0.25, 0.3) is 0 Å². The van der Waals surface area contributed by atoms with Crippen molar-refractivity contribution in [3.63, 3.8) is 0 Å². The van der Waals surface area contributed by atoms with Crippen molar-refractivity contribution >= 4 is 6.16 Å². The average molecular weight is 153 g/mol. The molecule has 0 unspecified atom stereocenters. The monoisotopic (exact) mass is 153 g/mol. The van der Waals surface area contributed by atoms with Crippen LogP contribution in [0.5, 0.6) is 5.75 Å². The van der Waals surface area contributed by atoms with Crippen LogP contribution in [0.1, 0.15) is 0 Å². The molecular formula is C7H7NO3. The molecule has 0 bridgehead atoms. The van der Waals surface area contributed by atoms with Crippen LogP contribution in [-0.4, -0.2) is 18.2 Å². The van der Waals surface area contributed by atoms with Crippen LogP contribution in [0.3, 0.4) is 0 Å². The first kappa shape index (κ1) is 7.53. The quantitative estimate of drug-likeness (QED) is 0.569. The third-order valence-corrected chi connectivity index (χ3v) is 1.02. The van der Waals surface area contributed by atoms with Crippen molar-refractivity contribution in [1.82, 2.24) is 4.98 Å². The van der Waals surface area contributed by atoms with Crippen LogP contribution in [0.2, 0.25) is 0 Å². The Hall–Kier alpha value is -1.58. The number of hydrogen-bond acceptors (Lipinski definition) is 4. The molecule has 1 aromatic heterocycles. The number of aromatic nitrogens is 1. The molecule has 0 saturated carbocycles. The lowest BCUT2D eigenvalue weighted by Crippen LogP contribution is -2.06. The molecule has 4 heteroatoms. The van der Waals surface area contributed by atoms with Gasteiger partial charge in [0, 0.05) is 12.4 Å². The lowest BCUT2D eigenvalue weighted by Gasteiger charge is -1.99. The van der Waals surface area contributed by atoms with E-state index in [1.165, 1.54) is 19.5 Å². The van der Waals surface area contributed by atoms with Crippen molar-refractivity contribution in [3.05, 3.63) is 24.5 Å². The molecule has 4 nitrogen and oxygen atoms in total. The average Bonchev–Trinajstić information content (AvgIpc) is 2.06. The van der Waals surface area contributed by atoms with Gasteiger partial charge in [-0.15, -0.1) is 0 Å². The van der Waals surface area contributed by atoms with Crippen LogP contribution in [0.15, 0.2) is 24.5 Å². The molecule has 0 aliphatic carbocycles. The van der Waals surface area contributed by atoms with E-state index in [1.54, 1.807) is 12.1 Å². The summed E-state index contributed by atoms with van der Waals surface area (Å²) in [5.74, 6) is 0.423. The fourth-order valence-corrected chi connectivity index (χ4v) is 0.544. The number of pyridine rings is 1. The smallest absolute Gasteiger partial charge is 0.437 e. The maximum atomic E-state index is 10.5. The summed E-state index contributed by atoms with van der Waals surface area (Å²) in [6.07, 6.45) is 2.33. The van der Waals surface area contributed by atoms with Gasteiger partial charge in [0.25, 0.3) is 0 Å². The van der Waals surface area contributed by atoms with Gasteiger partial charge in [0.05, 0.1) is 7.11 Å². The minimum Gasteiger partial charge on any atom is -0.437 e. The van der Waals surface area contributed by atoms with Gasteiger partial charge in [-0.3, -0.25) is 4.98 Å². The van der Waals surface area contributed by atoms with Crippen LogP contribution < -0.4 is 4.74 Å². The van der Waals surface area contributed by atoms with Crippen LogP contribution in [0, 0.1) is 0 Å². The highest BCUT2D eigenvalue weighted by atomic mass is 16.7. The van der Waals surface area contributed by atoms with E-state index in [0.717, 1.165) is 0 Å². The Kier molecular flexibility index (Phi) is 2.43. The van der Waals surface area contributed by atoms with Gasteiger partial charge in [-0.1, -0.05) is 0 Å². The number of hydrogen-bond donors (Lipinski definition) is 0. The summed E-state index contributed by atoms with van der Waals surface area (Å²) in [6.45, 7) is 0. The fourth-order valence-electron chi connectivity index (χ4n) is 0.544. The topological polar surface area (TPSA) is 48.4 Å². The molecule has 0 amide bonds. The molecule has 1 aromatic rings. The summed E-state index contributed by atoms with van der Waals surface area (Å²) in [5.41, 5.74) is 0. The normalized spacial score (nSPS) is 8.82.